The number of nitrogens with zero attached hydrogens (tertiary/aromatic N) is 1. The third-order valence-corrected chi connectivity index (χ3v) is 4.24. The molecule has 0 aliphatic carbocycles. The van der Waals surface area contributed by atoms with Crippen LogP contribution in [0.3, 0.4) is 0 Å². The van der Waals surface area contributed by atoms with Crippen molar-refractivity contribution >= 4 is 11.9 Å². The average Bonchev–Trinajstić information content (AvgIpc) is 2.58. The molecule has 0 aromatic carbocycles. The lowest BCUT2D eigenvalue weighted by atomic mass is 9.80. The van der Waals surface area contributed by atoms with Gasteiger partial charge < -0.3 is 10.0 Å². The molecular formula is C14H25NO3. The van der Waals surface area contributed by atoms with Gasteiger partial charge in [-0.15, -0.1) is 0 Å². The second-order valence-corrected chi connectivity index (χ2v) is 6.69. The lowest BCUT2D eigenvalue weighted by Crippen LogP contribution is -2.33. The molecule has 1 saturated heterocycles. The molecule has 104 valence electrons. The van der Waals surface area contributed by atoms with Crippen LogP contribution in [-0.2, 0) is 9.59 Å². The normalized spacial score (nSPS) is 26.2. The summed E-state index contributed by atoms with van der Waals surface area (Å²) < 4.78 is 0. The first-order valence-electron chi connectivity index (χ1n) is 6.63. The van der Waals surface area contributed by atoms with Crippen LogP contribution in [0.1, 0.15) is 41.0 Å². The molecule has 4 nitrogen and oxygen atoms in total. The number of rotatable bonds is 3. The number of carbonyl (C=O) groups is 2. The van der Waals surface area contributed by atoms with E-state index in [-0.39, 0.29) is 17.2 Å². The molecule has 1 N–H and O–H groups in total. The molecule has 0 aromatic rings. The predicted octanol–water partition coefficient (Wildman–Crippen LogP) is 2.24. The second kappa shape index (κ2) is 5.29. The number of hydrogen-bond acceptors (Lipinski definition) is 2. The van der Waals surface area contributed by atoms with Crippen molar-refractivity contribution in [2.75, 3.05) is 13.1 Å². The van der Waals surface area contributed by atoms with Gasteiger partial charge in [-0.05, 0) is 17.3 Å². The maximum Gasteiger partial charge on any atom is 0.308 e. The van der Waals surface area contributed by atoms with Crippen molar-refractivity contribution in [1.82, 2.24) is 4.90 Å². The summed E-state index contributed by atoms with van der Waals surface area (Å²) in [5, 5.41) is 9.06. The number of likely N-dealkylation sites (tertiary alicyclic amines) is 1. The molecule has 1 fully saturated rings. The monoisotopic (exact) mass is 255 g/mol. The van der Waals surface area contributed by atoms with E-state index >= 15 is 0 Å². The van der Waals surface area contributed by atoms with Crippen LogP contribution in [-0.4, -0.2) is 35.0 Å². The van der Waals surface area contributed by atoms with E-state index in [0.29, 0.717) is 25.4 Å². The van der Waals surface area contributed by atoms with Crippen molar-refractivity contribution in [3.05, 3.63) is 0 Å². The Morgan fingerprint density at radius 2 is 1.89 bits per heavy atom. The van der Waals surface area contributed by atoms with Crippen molar-refractivity contribution in [3.63, 3.8) is 0 Å². The van der Waals surface area contributed by atoms with Gasteiger partial charge in [0.1, 0.15) is 0 Å². The zero-order valence-electron chi connectivity index (χ0n) is 12.1. The number of carboxylic acid groups (broad SMARTS) is 1. The van der Waals surface area contributed by atoms with Crippen molar-refractivity contribution in [2.45, 2.75) is 41.0 Å². The predicted molar refractivity (Wildman–Crippen MR) is 70.1 cm³/mol. The Balaban J connectivity index is 2.57. The molecule has 3 atom stereocenters. The third-order valence-electron chi connectivity index (χ3n) is 4.24. The van der Waals surface area contributed by atoms with Crippen molar-refractivity contribution < 1.29 is 14.7 Å². The van der Waals surface area contributed by atoms with Gasteiger partial charge in [0, 0.05) is 19.5 Å². The molecule has 1 heterocycles. The maximum atomic E-state index is 12.1. The maximum absolute atomic E-state index is 12.1. The van der Waals surface area contributed by atoms with E-state index in [1.165, 1.54) is 0 Å². The molecule has 0 aromatic heterocycles. The fourth-order valence-corrected chi connectivity index (χ4v) is 2.19. The van der Waals surface area contributed by atoms with E-state index in [1.54, 1.807) is 4.90 Å². The standard InChI is InChI=1S/C14H25NO3/c1-9-7-15(8-11(9)13(17)18)12(16)6-10(2)14(3,4)5/h9-11H,6-8H2,1-5H3,(H,17,18). The largest absolute Gasteiger partial charge is 0.481 e. The smallest absolute Gasteiger partial charge is 0.308 e. The Bertz CT molecular complexity index is 332. The summed E-state index contributed by atoms with van der Waals surface area (Å²) in [6.45, 7) is 11.3. The molecule has 0 radical (unpaired) electrons. The lowest BCUT2D eigenvalue weighted by Gasteiger charge is -2.28. The summed E-state index contributed by atoms with van der Waals surface area (Å²) in [5.74, 6) is -0.755. The minimum Gasteiger partial charge on any atom is -0.481 e. The Morgan fingerprint density at radius 1 is 1.33 bits per heavy atom. The molecular weight excluding hydrogens is 230 g/mol. The molecule has 0 saturated carbocycles. The molecule has 1 amide bonds. The molecule has 1 rings (SSSR count). The van der Waals surface area contributed by atoms with E-state index in [0.717, 1.165) is 0 Å². The van der Waals surface area contributed by atoms with Crippen LogP contribution in [0.2, 0.25) is 0 Å². The van der Waals surface area contributed by atoms with Crippen LogP contribution in [0.4, 0.5) is 0 Å². The van der Waals surface area contributed by atoms with E-state index < -0.39 is 11.9 Å². The number of carboxylic acids is 1. The van der Waals surface area contributed by atoms with Gasteiger partial charge in [0.2, 0.25) is 5.91 Å². The van der Waals surface area contributed by atoms with E-state index in [2.05, 4.69) is 27.7 Å². The van der Waals surface area contributed by atoms with Gasteiger partial charge in [0.05, 0.1) is 5.92 Å². The summed E-state index contributed by atoms with van der Waals surface area (Å²) in [4.78, 5) is 24.9. The van der Waals surface area contributed by atoms with Crippen LogP contribution < -0.4 is 0 Å². The Kier molecular flexibility index (Phi) is 4.41. The molecule has 0 spiro atoms. The second-order valence-electron chi connectivity index (χ2n) is 6.69. The van der Waals surface area contributed by atoms with Crippen LogP contribution >= 0.6 is 0 Å². The van der Waals surface area contributed by atoms with Gasteiger partial charge in [0.25, 0.3) is 0 Å². The first-order chi connectivity index (χ1) is 8.12. The summed E-state index contributed by atoms with van der Waals surface area (Å²) in [5.41, 5.74) is 0.104. The lowest BCUT2D eigenvalue weighted by molar-refractivity contribution is -0.142. The quantitative estimate of drug-likeness (QED) is 0.841. The number of carbonyl (C=O) groups excluding carboxylic acids is 1. The minimum atomic E-state index is -0.790. The van der Waals surface area contributed by atoms with Crippen LogP contribution in [0.15, 0.2) is 0 Å². The first kappa shape index (κ1) is 15.0. The van der Waals surface area contributed by atoms with Gasteiger partial charge in [-0.25, -0.2) is 0 Å². The van der Waals surface area contributed by atoms with Crippen molar-refractivity contribution in [2.24, 2.45) is 23.2 Å². The molecule has 1 aliphatic rings. The van der Waals surface area contributed by atoms with Gasteiger partial charge in [-0.3, -0.25) is 9.59 Å². The summed E-state index contributed by atoms with van der Waals surface area (Å²) in [6, 6.07) is 0. The number of hydrogen-bond donors (Lipinski definition) is 1. The average molecular weight is 255 g/mol. The van der Waals surface area contributed by atoms with Crippen LogP contribution in [0, 0.1) is 23.2 Å². The molecule has 1 aliphatic heterocycles. The van der Waals surface area contributed by atoms with E-state index in [9.17, 15) is 9.59 Å². The van der Waals surface area contributed by atoms with Crippen LogP contribution in [0.5, 0.6) is 0 Å². The summed E-state index contributed by atoms with van der Waals surface area (Å²) >= 11 is 0. The molecule has 18 heavy (non-hydrogen) atoms. The fourth-order valence-electron chi connectivity index (χ4n) is 2.19. The van der Waals surface area contributed by atoms with E-state index in [1.807, 2.05) is 6.92 Å². The van der Waals surface area contributed by atoms with Gasteiger partial charge in [0.15, 0.2) is 0 Å². The van der Waals surface area contributed by atoms with Gasteiger partial charge in [-0.2, -0.15) is 0 Å². The topological polar surface area (TPSA) is 57.6 Å². The van der Waals surface area contributed by atoms with Crippen molar-refractivity contribution in [1.29, 1.82) is 0 Å². The number of amides is 1. The highest BCUT2D eigenvalue weighted by Crippen LogP contribution is 2.30. The fraction of sp³-hybridized carbons (Fsp3) is 0.857. The number of aliphatic carboxylic acids is 1. The summed E-state index contributed by atoms with van der Waals surface area (Å²) in [7, 11) is 0. The SMILES string of the molecule is CC1CN(C(=O)CC(C)C(C)(C)C)CC1C(=O)O. The summed E-state index contributed by atoms with van der Waals surface area (Å²) in [6.07, 6.45) is 0.503. The van der Waals surface area contributed by atoms with Gasteiger partial charge >= 0.3 is 5.97 Å². The van der Waals surface area contributed by atoms with Crippen molar-refractivity contribution in [3.8, 4) is 0 Å². The molecule has 0 bridgehead atoms. The Labute approximate surface area is 109 Å². The zero-order valence-corrected chi connectivity index (χ0v) is 12.1. The Morgan fingerprint density at radius 3 is 2.28 bits per heavy atom. The molecule has 4 heteroatoms. The minimum absolute atomic E-state index is 0.0522. The highest BCUT2D eigenvalue weighted by Gasteiger charge is 2.37. The zero-order chi connectivity index (χ0) is 14.1. The molecule has 3 unspecified atom stereocenters. The highest BCUT2D eigenvalue weighted by molar-refractivity contribution is 5.79. The highest BCUT2D eigenvalue weighted by atomic mass is 16.4. The van der Waals surface area contributed by atoms with Crippen LogP contribution in [0.25, 0.3) is 0 Å². The third kappa shape index (κ3) is 3.47. The Hall–Kier alpha value is -1.06. The first-order valence-corrected chi connectivity index (χ1v) is 6.63. The van der Waals surface area contributed by atoms with Gasteiger partial charge in [-0.1, -0.05) is 34.6 Å². The van der Waals surface area contributed by atoms with E-state index in [4.69, 9.17) is 5.11 Å².